The van der Waals surface area contributed by atoms with Crippen LogP contribution in [0.4, 0.5) is 4.53 Å². The van der Waals surface area contributed by atoms with E-state index in [9.17, 15) is 9.32 Å². The highest BCUT2D eigenvalue weighted by Gasteiger charge is 2.29. The fraction of sp³-hybridized carbons (Fsp3) is 0.857. The SMILES string of the molecule is CC1CNCCC1C(=O)OF. The zero-order valence-corrected chi connectivity index (χ0v) is 6.47. The number of hydrogen-bond acceptors (Lipinski definition) is 3. The summed E-state index contributed by atoms with van der Waals surface area (Å²) in [4.78, 5) is 13.9. The van der Waals surface area contributed by atoms with E-state index in [0.29, 0.717) is 6.42 Å². The van der Waals surface area contributed by atoms with Crippen LogP contribution >= 0.6 is 0 Å². The Labute approximate surface area is 64.8 Å². The molecule has 4 heteroatoms. The number of nitrogens with one attached hydrogen (secondary N) is 1. The Balaban J connectivity index is 2.47. The summed E-state index contributed by atoms with van der Waals surface area (Å²) in [6.07, 6.45) is 0.671. The van der Waals surface area contributed by atoms with E-state index in [0.717, 1.165) is 13.1 Å². The van der Waals surface area contributed by atoms with Crippen LogP contribution in [0.3, 0.4) is 0 Å². The predicted molar refractivity (Wildman–Crippen MR) is 37.3 cm³/mol. The Hall–Kier alpha value is -0.640. The summed E-state index contributed by atoms with van der Waals surface area (Å²) < 4.78 is 11.5. The largest absolute Gasteiger partial charge is 0.352 e. The minimum absolute atomic E-state index is 0.173. The average molecular weight is 161 g/mol. The first-order chi connectivity index (χ1) is 5.25. The zero-order valence-electron chi connectivity index (χ0n) is 6.47. The van der Waals surface area contributed by atoms with E-state index in [2.05, 4.69) is 10.3 Å². The van der Waals surface area contributed by atoms with Crippen LogP contribution in [0.25, 0.3) is 0 Å². The van der Waals surface area contributed by atoms with Crippen molar-refractivity contribution in [3.8, 4) is 0 Å². The standard InChI is InChI=1S/C7H12FNO2/c1-5-4-9-3-2-6(5)7(10)11-8/h5-6,9H,2-4H2,1H3. The van der Waals surface area contributed by atoms with Crippen molar-refractivity contribution in [1.29, 1.82) is 0 Å². The summed E-state index contributed by atoms with van der Waals surface area (Å²) in [5.41, 5.74) is 0. The molecule has 0 aliphatic carbocycles. The van der Waals surface area contributed by atoms with Gasteiger partial charge < -0.3 is 5.32 Å². The lowest BCUT2D eigenvalue weighted by molar-refractivity contribution is -0.191. The fourth-order valence-corrected chi connectivity index (χ4v) is 1.42. The van der Waals surface area contributed by atoms with Gasteiger partial charge in [0.15, 0.2) is 0 Å². The molecule has 0 aromatic carbocycles. The van der Waals surface area contributed by atoms with Crippen molar-refractivity contribution in [3.05, 3.63) is 0 Å². The fourth-order valence-electron chi connectivity index (χ4n) is 1.42. The summed E-state index contributed by atoms with van der Waals surface area (Å²) in [5.74, 6) is -0.813. The first-order valence-corrected chi connectivity index (χ1v) is 3.79. The molecular formula is C7H12FNO2. The van der Waals surface area contributed by atoms with Crippen LogP contribution in [-0.4, -0.2) is 19.1 Å². The maximum Gasteiger partial charge on any atom is 0.352 e. The third-order valence-corrected chi connectivity index (χ3v) is 2.16. The normalized spacial score (nSPS) is 31.5. The molecule has 2 atom stereocenters. The van der Waals surface area contributed by atoms with Crippen LogP contribution in [-0.2, 0) is 9.74 Å². The Bertz CT molecular complexity index is 151. The molecule has 0 aromatic heterocycles. The molecule has 2 unspecified atom stereocenters. The van der Waals surface area contributed by atoms with Gasteiger partial charge >= 0.3 is 5.97 Å². The van der Waals surface area contributed by atoms with Crippen molar-refractivity contribution >= 4 is 5.97 Å². The number of hydrogen-bond donors (Lipinski definition) is 1. The maximum absolute atomic E-state index is 11.5. The molecule has 0 radical (unpaired) electrons. The van der Waals surface area contributed by atoms with Crippen molar-refractivity contribution < 1.29 is 14.3 Å². The van der Waals surface area contributed by atoms with Crippen LogP contribution < -0.4 is 5.32 Å². The molecule has 1 fully saturated rings. The molecule has 0 spiro atoms. The lowest BCUT2D eigenvalue weighted by Crippen LogP contribution is -2.38. The minimum atomic E-state index is -0.723. The Morgan fingerprint density at radius 2 is 2.45 bits per heavy atom. The van der Waals surface area contributed by atoms with Crippen molar-refractivity contribution in [2.75, 3.05) is 13.1 Å². The lowest BCUT2D eigenvalue weighted by Gasteiger charge is -2.25. The maximum atomic E-state index is 11.5. The third-order valence-electron chi connectivity index (χ3n) is 2.16. The lowest BCUT2D eigenvalue weighted by atomic mass is 9.88. The van der Waals surface area contributed by atoms with Crippen LogP contribution in [0.15, 0.2) is 0 Å². The van der Waals surface area contributed by atoms with Gasteiger partial charge in [-0.2, -0.15) is 0 Å². The molecule has 1 saturated heterocycles. The van der Waals surface area contributed by atoms with Gasteiger partial charge in [0.1, 0.15) is 0 Å². The number of halogens is 1. The second-order valence-corrected chi connectivity index (χ2v) is 2.97. The van der Waals surface area contributed by atoms with Gasteiger partial charge in [0.25, 0.3) is 0 Å². The van der Waals surface area contributed by atoms with Crippen molar-refractivity contribution in [2.45, 2.75) is 13.3 Å². The van der Waals surface area contributed by atoms with Gasteiger partial charge in [0.05, 0.1) is 5.92 Å². The van der Waals surface area contributed by atoms with E-state index in [1.807, 2.05) is 6.92 Å². The summed E-state index contributed by atoms with van der Waals surface area (Å²) >= 11 is 0. The third kappa shape index (κ3) is 1.89. The van der Waals surface area contributed by atoms with E-state index in [-0.39, 0.29) is 11.8 Å². The van der Waals surface area contributed by atoms with Crippen LogP contribution in [0.2, 0.25) is 0 Å². The molecule has 0 amide bonds. The van der Waals surface area contributed by atoms with E-state index >= 15 is 0 Å². The molecule has 3 nitrogen and oxygen atoms in total. The molecule has 11 heavy (non-hydrogen) atoms. The first kappa shape index (κ1) is 8.46. The van der Waals surface area contributed by atoms with Gasteiger partial charge in [0, 0.05) is 4.53 Å². The van der Waals surface area contributed by atoms with E-state index in [1.165, 1.54) is 0 Å². The number of piperidine rings is 1. The van der Waals surface area contributed by atoms with Crippen LogP contribution in [0, 0.1) is 11.8 Å². The molecule has 0 saturated carbocycles. The minimum Gasteiger partial charge on any atom is -0.316 e. The Kier molecular flexibility index (Phi) is 2.82. The highest BCUT2D eigenvalue weighted by atomic mass is 19.3. The summed E-state index contributed by atoms with van der Waals surface area (Å²) in [7, 11) is 0. The molecule has 0 aromatic rings. The smallest absolute Gasteiger partial charge is 0.316 e. The van der Waals surface area contributed by atoms with Gasteiger partial charge in [-0.25, -0.2) is 4.79 Å². The first-order valence-electron chi connectivity index (χ1n) is 3.79. The van der Waals surface area contributed by atoms with Gasteiger partial charge in [-0.1, -0.05) is 6.92 Å². The topological polar surface area (TPSA) is 38.3 Å². The second kappa shape index (κ2) is 3.67. The van der Waals surface area contributed by atoms with Crippen molar-refractivity contribution in [2.24, 2.45) is 11.8 Å². The molecule has 0 bridgehead atoms. The molecule has 1 aliphatic heterocycles. The quantitative estimate of drug-likeness (QED) is 0.614. The molecule has 64 valence electrons. The van der Waals surface area contributed by atoms with Crippen LogP contribution in [0.1, 0.15) is 13.3 Å². The van der Waals surface area contributed by atoms with Crippen molar-refractivity contribution in [3.63, 3.8) is 0 Å². The number of carbonyl (C=O) groups excluding carboxylic acids is 1. The van der Waals surface area contributed by atoms with Gasteiger partial charge in [-0.3, -0.25) is 4.94 Å². The Morgan fingerprint density at radius 1 is 1.73 bits per heavy atom. The average Bonchev–Trinajstić information content (AvgIpc) is 2.04. The molecular weight excluding hydrogens is 149 g/mol. The number of rotatable bonds is 1. The Morgan fingerprint density at radius 3 is 3.00 bits per heavy atom. The summed E-state index contributed by atoms with van der Waals surface area (Å²) in [6.45, 7) is 3.44. The summed E-state index contributed by atoms with van der Waals surface area (Å²) in [5, 5.41) is 3.11. The number of carbonyl (C=O) groups is 1. The predicted octanol–water partition coefficient (Wildman–Crippen LogP) is 0.660. The zero-order chi connectivity index (χ0) is 8.27. The second-order valence-electron chi connectivity index (χ2n) is 2.97. The van der Waals surface area contributed by atoms with Crippen molar-refractivity contribution in [1.82, 2.24) is 5.32 Å². The van der Waals surface area contributed by atoms with Gasteiger partial charge in [-0.15, -0.1) is 0 Å². The van der Waals surface area contributed by atoms with E-state index in [1.54, 1.807) is 0 Å². The monoisotopic (exact) mass is 161 g/mol. The highest BCUT2D eigenvalue weighted by molar-refractivity contribution is 5.72. The van der Waals surface area contributed by atoms with Gasteiger partial charge in [0.2, 0.25) is 0 Å². The summed E-state index contributed by atoms with van der Waals surface area (Å²) in [6, 6.07) is 0. The molecule has 1 rings (SSSR count). The molecule has 1 N–H and O–H groups in total. The van der Waals surface area contributed by atoms with Crippen LogP contribution in [0.5, 0.6) is 0 Å². The molecule has 1 heterocycles. The molecule has 1 aliphatic rings. The van der Waals surface area contributed by atoms with E-state index in [4.69, 9.17) is 0 Å². The highest BCUT2D eigenvalue weighted by Crippen LogP contribution is 2.19. The van der Waals surface area contributed by atoms with E-state index < -0.39 is 5.97 Å². The van der Waals surface area contributed by atoms with Gasteiger partial charge in [-0.05, 0) is 25.4 Å².